The van der Waals surface area contributed by atoms with Gasteiger partial charge in [0.2, 0.25) is 20.0 Å². The third-order valence-corrected chi connectivity index (χ3v) is 33.5. The van der Waals surface area contributed by atoms with Crippen molar-refractivity contribution >= 4 is 131 Å². The first-order valence-corrected chi connectivity index (χ1v) is 51.7. The van der Waals surface area contributed by atoms with Crippen LogP contribution in [-0.4, -0.2) is 187 Å². The number of hydrogen-bond acceptors (Lipinski definition) is 24. The molecule has 4 fully saturated rings. The van der Waals surface area contributed by atoms with Gasteiger partial charge in [-0.2, -0.15) is 0 Å². The van der Waals surface area contributed by atoms with E-state index in [1.54, 1.807) is 48.8 Å². The first-order valence-electron chi connectivity index (χ1n) is 44.9. The molecule has 8 heterocycles. The zero-order valence-corrected chi connectivity index (χ0v) is 78.9. The van der Waals surface area contributed by atoms with Gasteiger partial charge in [0.05, 0.1) is 78.0 Å². The number of nitro groups is 2. The molecule has 18 rings (SSSR count). The number of piperazine rings is 2. The van der Waals surface area contributed by atoms with Crippen LogP contribution in [0.25, 0.3) is 33.2 Å². The number of carbonyl (C=O) groups excluding carboxylic acids is 2. The molecule has 0 bridgehead atoms. The molecule has 32 nitrogen and oxygen atoms in total. The molecule has 8 aliphatic rings. The number of rotatable bonds is 28. The number of benzene rings is 6. The van der Waals surface area contributed by atoms with Crippen LogP contribution in [0.15, 0.2) is 179 Å². The predicted octanol–water partition coefficient (Wildman–Crippen LogP) is 16.1. The Kier molecular flexibility index (Phi) is 27.3. The number of nitro benzene ring substituents is 2. The molecule has 2 atom stereocenters. The quantitative estimate of drug-likeness (QED) is 0.0196. The summed E-state index contributed by atoms with van der Waals surface area (Å²) in [5.74, 6) is -2.14. The summed E-state index contributed by atoms with van der Waals surface area (Å²) in [6.45, 7) is 17.0. The SMILES string of the molecule is CC1(C)CCC(CN2CCN(c3ccc(C(=O)NS(=O)(=O)c4cc5c(c([N+](=O)[O-])c4)C[C@H](CNS(=O)(=O)C4CC4)CO5)c(Oc4cnc5[nH]ccc5c4)c3)CC2)=C(c2ccc(Cl)cc2)C1.CC1(C)CCC(CN2CCN(c3ccc(C(=O)NS(=O)(=O)c4cc5c(c([N+](=O)[O-])c4)C[C@H](CNS(=O)(=O)C4CCCCC4)CO5)c(Oc4cnc5[nH]ccc5c4)c3)CC2)=C(c2ccc(Cl)cc2)C1. The zero-order valence-electron chi connectivity index (χ0n) is 74.1. The van der Waals surface area contributed by atoms with Gasteiger partial charge in [0.1, 0.15) is 45.8 Å². The number of hydrogen-bond donors (Lipinski definition) is 6. The third kappa shape index (κ3) is 22.1. The van der Waals surface area contributed by atoms with Crippen molar-refractivity contribution < 1.29 is 72.1 Å². The van der Waals surface area contributed by atoms with E-state index in [9.17, 15) is 63.5 Å². The molecule has 0 spiro atoms. The van der Waals surface area contributed by atoms with Gasteiger partial charge >= 0.3 is 0 Å². The Bertz CT molecular complexity index is 6710. The van der Waals surface area contributed by atoms with Crippen LogP contribution in [0.2, 0.25) is 10.0 Å². The Balaban J connectivity index is 0.000000186. The molecular weight excluding hydrogens is 1820 g/mol. The van der Waals surface area contributed by atoms with Crippen molar-refractivity contribution in [1.29, 1.82) is 0 Å². The van der Waals surface area contributed by atoms with Crippen LogP contribution in [0.3, 0.4) is 0 Å². The highest BCUT2D eigenvalue weighted by Gasteiger charge is 2.41. The largest absolute Gasteiger partial charge is 0.493 e. The van der Waals surface area contributed by atoms with Crippen LogP contribution in [0.5, 0.6) is 34.5 Å². The number of carbonyl (C=O) groups is 2. The van der Waals surface area contributed by atoms with E-state index in [1.165, 1.54) is 57.9 Å². The van der Waals surface area contributed by atoms with Crippen molar-refractivity contribution in [3.05, 3.63) is 233 Å². The minimum atomic E-state index is -4.72. The maximum absolute atomic E-state index is 14.1. The van der Waals surface area contributed by atoms with Gasteiger partial charge in [-0.1, -0.05) is 106 Å². The fraction of sp³-hybridized carbons (Fsp3) is 0.411. The van der Waals surface area contributed by atoms with Gasteiger partial charge in [-0.25, -0.2) is 62.5 Å². The number of nitrogens with zero attached hydrogens (tertiary/aromatic N) is 8. The average molecular weight is 1930 g/mol. The maximum atomic E-state index is 14.1. The van der Waals surface area contributed by atoms with E-state index in [0.29, 0.717) is 84.7 Å². The average Bonchev–Trinajstić information content (AvgIpc) is 1.59. The van der Waals surface area contributed by atoms with E-state index >= 15 is 0 Å². The summed E-state index contributed by atoms with van der Waals surface area (Å²) in [6.07, 6.45) is 18.0. The second-order valence-corrected chi connectivity index (χ2v) is 45.7. The van der Waals surface area contributed by atoms with Gasteiger partial charge in [0.15, 0.2) is 0 Å². The molecule has 133 heavy (non-hydrogen) atoms. The number of fused-ring (bicyclic) bond motifs is 4. The lowest BCUT2D eigenvalue weighted by Crippen LogP contribution is -2.47. The van der Waals surface area contributed by atoms with Crippen LogP contribution in [-0.2, 0) is 52.9 Å². The van der Waals surface area contributed by atoms with E-state index in [0.717, 1.165) is 143 Å². The summed E-state index contributed by atoms with van der Waals surface area (Å²) < 4.78 is 140. The number of halogens is 2. The smallest absolute Gasteiger partial charge is 0.277 e. The Morgan fingerprint density at radius 1 is 0.511 bits per heavy atom. The lowest BCUT2D eigenvalue weighted by Gasteiger charge is -2.39. The van der Waals surface area contributed by atoms with Gasteiger partial charge in [0, 0.05) is 171 Å². The zero-order chi connectivity index (χ0) is 93.5. The highest BCUT2D eigenvalue weighted by atomic mass is 35.5. The Morgan fingerprint density at radius 2 is 0.910 bits per heavy atom. The number of H-pyrrole nitrogens is 2. The third-order valence-electron chi connectivity index (χ3n) is 26.5. The minimum absolute atomic E-state index is 0.000527. The molecule has 0 radical (unpaired) electrons. The number of amides is 2. The Hall–Kier alpha value is -11.1. The van der Waals surface area contributed by atoms with E-state index in [2.05, 4.69) is 110 Å². The van der Waals surface area contributed by atoms with E-state index < -0.39 is 105 Å². The van der Waals surface area contributed by atoms with Crippen LogP contribution in [0, 0.1) is 42.9 Å². The summed E-state index contributed by atoms with van der Waals surface area (Å²) in [5.41, 5.74) is 10.4. The number of aromatic nitrogens is 4. The molecular formula is C95H106Cl2N14O18S4. The predicted molar refractivity (Wildman–Crippen MR) is 509 cm³/mol. The van der Waals surface area contributed by atoms with E-state index in [-0.39, 0.29) is 95.2 Å². The van der Waals surface area contributed by atoms with Crippen molar-refractivity contribution in [2.45, 2.75) is 144 Å². The monoisotopic (exact) mass is 1930 g/mol. The van der Waals surface area contributed by atoms with Crippen LogP contribution in [0.4, 0.5) is 22.7 Å². The summed E-state index contributed by atoms with van der Waals surface area (Å²) in [5, 5.41) is 26.7. The second-order valence-electron chi connectivity index (χ2n) is 37.4. The number of nitrogens with one attached hydrogen (secondary N) is 6. The number of ether oxygens (including phenoxy) is 4. The van der Waals surface area contributed by atoms with Crippen LogP contribution < -0.4 is 47.6 Å². The first kappa shape index (κ1) is 93.7. The van der Waals surface area contributed by atoms with Crippen molar-refractivity contribution in [2.24, 2.45) is 22.7 Å². The Labute approximate surface area is 782 Å². The molecule has 2 saturated heterocycles. The lowest BCUT2D eigenvalue weighted by molar-refractivity contribution is -0.386. The maximum Gasteiger partial charge on any atom is 0.277 e. The number of pyridine rings is 2. The summed E-state index contributed by atoms with van der Waals surface area (Å²) >= 11 is 12.5. The van der Waals surface area contributed by atoms with E-state index in [4.69, 9.17) is 42.1 Å². The van der Waals surface area contributed by atoms with E-state index in [1.807, 2.05) is 36.4 Å². The molecule has 702 valence electrons. The molecule has 2 saturated carbocycles. The topological polar surface area (TPSA) is 412 Å². The highest BCUT2D eigenvalue weighted by Crippen LogP contribution is 2.48. The molecule has 0 unspecified atom stereocenters. The summed E-state index contributed by atoms with van der Waals surface area (Å²) in [7, 11) is -16.5. The number of allylic oxidation sites excluding steroid dienone is 2. The molecule has 2 amide bonds. The summed E-state index contributed by atoms with van der Waals surface area (Å²) in [4.78, 5) is 74.6. The van der Waals surface area contributed by atoms with Gasteiger partial charge in [-0.15, -0.1) is 0 Å². The molecule has 4 aliphatic carbocycles. The van der Waals surface area contributed by atoms with Gasteiger partial charge in [-0.05, 0) is 183 Å². The second kappa shape index (κ2) is 38.7. The molecule has 38 heteroatoms. The minimum Gasteiger partial charge on any atom is -0.493 e. The first-order chi connectivity index (χ1) is 63.5. The molecule has 4 aromatic heterocycles. The van der Waals surface area contributed by atoms with Crippen LogP contribution >= 0.6 is 23.2 Å². The van der Waals surface area contributed by atoms with Crippen molar-refractivity contribution in [1.82, 2.24) is 48.6 Å². The fourth-order valence-electron chi connectivity index (χ4n) is 18.8. The summed E-state index contributed by atoms with van der Waals surface area (Å²) in [6, 6.07) is 37.4. The number of sulfonamides is 4. The van der Waals surface area contributed by atoms with Gasteiger partial charge in [-0.3, -0.25) is 39.6 Å². The molecule has 10 aromatic rings. The number of aromatic amines is 2. The molecule has 4 aliphatic heterocycles. The Morgan fingerprint density at radius 3 is 1.30 bits per heavy atom. The van der Waals surface area contributed by atoms with Crippen molar-refractivity contribution in [2.75, 3.05) is 102 Å². The number of anilines is 2. The van der Waals surface area contributed by atoms with Gasteiger partial charge < -0.3 is 38.7 Å². The van der Waals surface area contributed by atoms with Crippen molar-refractivity contribution in [3.63, 3.8) is 0 Å². The highest BCUT2D eigenvalue weighted by molar-refractivity contribution is 7.91. The lowest BCUT2D eigenvalue weighted by atomic mass is 9.72. The van der Waals surface area contributed by atoms with Crippen LogP contribution in [0.1, 0.15) is 154 Å². The fourth-order valence-corrected chi connectivity index (χ4v) is 24.2. The van der Waals surface area contributed by atoms with Crippen molar-refractivity contribution in [3.8, 4) is 34.5 Å². The normalized spacial score (nSPS) is 19.2. The van der Waals surface area contributed by atoms with Gasteiger partial charge in [0.25, 0.3) is 43.2 Å². The standard InChI is InChI=1S/C49H56ClN7O9S2.C46H50ClN7O9S2/c1-49(2)16-14-35(43(27-49)33-8-10-36(50)11-9-33)30-55-18-20-56(21-19-55)37-12-13-41(46(24-37)66-38-23-34-15-17-51-47(34)52-29-38)48(58)54-68(63,64)40-25-44(57(59)60)42-22-32(31-65-45(42)26-40)28-53-67(61,62)39-6-4-3-5-7-39;1-46(2)13-11-32(40(24-46)30-3-5-33(47)6-4-30)27-52-15-17-53(18-16-52)34-7-10-38(43(21-34)63-35-20-31-12-14-48-44(31)49-26-35)45(55)51-65(60,61)37-22-41(54(56)57)39-19-29(28-62-42(39)23-37)25-50-64(58,59)36-8-9-36/h8-13,15,17,23-26,29,32,39,53H,3-7,14,16,18-22,27-28,30-31H2,1-2H3,(H,51,52)(H,54,58);3-7,10,12,14,20-23,26,29,36,50H,8-9,11,13,15-19,24-25,27-28H2,1-2H3,(H,48,49)(H,51,55)/t32-;29-/m11/s1. The molecule has 6 aromatic carbocycles. The molecule has 6 N–H and O–H groups in total.